The van der Waals surface area contributed by atoms with Crippen LogP contribution in [0.1, 0.15) is 16.7 Å². The zero-order valence-corrected chi connectivity index (χ0v) is 19.7. The molecule has 7 heteroatoms. The first-order valence-electron chi connectivity index (χ1n) is 10.3. The normalized spacial score (nSPS) is 10.6. The first kappa shape index (κ1) is 23.8. The van der Waals surface area contributed by atoms with Crippen molar-refractivity contribution in [2.24, 2.45) is 0 Å². The van der Waals surface area contributed by atoms with E-state index < -0.39 is 0 Å². The number of carbonyl (C=O) groups excluding carboxylic acids is 1. The third-order valence-corrected chi connectivity index (χ3v) is 5.62. The van der Waals surface area contributed by atoms with Crippen LogP contribution in [0, 0.1) is 12.7 Å². The maximum atomic E-state index is 13.0. The summed E-state index contributed by atoms with van der Waals surface area (Å²) in [5, 5.41) is 6.20. The molecule has 3 aromatic rings. The first-order chi connectivity index (χ1) is 15.5. The fourth-order valence-corrected chi connectivity index (χ4v) is 3.59. The van der Waals surface area contributed by atoms with Crippen molar-refractivity contribution in [3.05, 3.63) is 87.6 Å². The number of hydrogen-bond acceptors (Lipinski definition) is 4. The smallest absolute Gasteiger partial charge is 0.262 e. The number of carbonyl (C=O) groups is 1. The fourth-order valence-electron chi connectivity index (χ4n) is 3.13. The van der Waals surface area contributed by atoms with Gasteiger partial charge in [-0.1, -0.05) is 45.8 Å². The van der Waals surface area contributed by atoms with Gasteiger partial charge in [-0.3, -0.25) is 4.79 Å². The first-order valence-corrected chi connectivity index (χ1v) is 11.1. The second kappa shape index (κ2) is 11.6. The summed E-state index contributed by atoms with van der Waals surface area (Å²) in [4.78, 5) is 12.4. The van der Waals surface area contributed by atoms with Crippen LogP contribution >= 0.6 is 15.9 Å². The minimum absolute atomic E-state index is 0.150. The minimum atomic E-state index is -0.258. The highest BCUT2D eigenvalue weighted by atomic mass is 79.9. The molecule has 0 saturated carbocycles. The van der Waals surface area contributed by atoms with E-state index >= 15 is 0 Å². The van der Waals surface area contributed by atoms with Crippen molar-refractivity contribution in [3.8, 4) is 11.5 Å². The average Bonchev–Trinajstić information content (AvgIpc) is 2.79. The predicted molar refractivity (Wildman–Crippen MR) is 128 cm³/mol. The Morgan fingerprint density at radius 2 is 1.75 bits per heavy atom. The van der Waals surface area contributed by atoms with Crippen molar-refractivity contribution in [1.29, 1.82) is 0 Å². The Hall–Kier alpha value is -2.90. The van der Waals surface area contributed by atoms with Gasteiger partial charge in [-0.25, -0.2) is 4.39 Å². The molecule has 0 aliphatic rings. The second-order valence-electron chi connectivity index (χ2n) is 7.31. The lowest BCUT2D eigenvalue weighted by molar-refractivity contribution is -0.118. The van der Waals surface area contributed by atoms with Crippen LogP contribution in [0.4, 0.5) is 10.1 Å². The molecule has 0 spiro atoms. The molecule has 0 fully saturated rings. The minimum Gasteiger partial charge on any atom is -0.493 e. The van der Waals surface area contributed by atoms with E-state index in [-0.39, 0.29) is 18.3 Å². The van der Waals surface area contributed by atoms with Crippen LogP contribution in [-0.2, 0) is 17.8 Å². The van der Waals surface area contributed by atoms with Gasteiger partial charge < -0.3 is 20.1 Å². The number of aryl methyl sites for hydroxylation is 1. The summed E-state index contributed by atoms with van der Waals surface area (Å²) >= 11 is 3.57. The lowest BCUT2D eigenvalue weighted by Gasteiger charge is -2.17. The van der Waals surface area contributed by atoms with Gasteiger partial charge in [-0.15, -0.1) is 0 Å². The van der Waals surface area contributed by atoms with Gasteiger partial charge in [0.25, 0.3) is 5.91 Å². The van der Waals surface area contributed by atoms with E-state index in [1.807, 2.05) is 37.3 Å². The molecular formula is C25H26BrFN2O3. The molecule has 3 aromatic carbocycles. The second-order valence-corrected chi connectivity index (χ2v) is 8.17. The SMILES string of the molecule is COc1ccc(Br)c(CNCCc2ccc(F)cc2)c1OCC(=O)Nc1ccc(C)cc1. The standard InChI is InChI=1S/C25H26BrFN2O3/c1-17-3-9-20(10-4-17)29-24(30)16-32-25-21(22(26)11-12-23(25)31-2)15-28-14-13-18-5-7-19(27)8-6-18/h3-12,28H,13-16H2,1-2H3,(H,29,30). The number of hydrogen-bond donors (Lipinski definition) is 2. The number of nitrogens with one attached hydrogen (secondary N) is 2. The highest BCUT2D eigenvalue weighted by Gasteiger charge is 2.16. The van der Waals surface area contributed by atoms with E-state index in [1.165, 1.54) is 12.1 Å². The van der Waals surface area contributed by atoms with Crippen molar-refractivity contribution in [2.75, 3.05) is 25.6 Å². The van der Waals surface area contributed by atoms with Crippen molar-refractivity contribution in [3.63, 3.8) is 0 Å². The van der Waals surface area contributed by atoms with Gasteiger partial charge in [0.2, 0.25) is 0 Å². The van der Waals surface area contributed by atoms with Gasteiger partial charge in [0.15, 0.2) is 18.1 Å². The monoisotopic (exact) mass is 500 g/mol. The molecule has 0 aliphatic heterocycles. The molecule has 32 heavy (non-hydrogen) atoms. The number of halogens is 2. The van der Waals surface area contributed by atoms with E-state index in [0.29, 0.717) is 30.3 Å². The van der Waals surface area contributed by atoms with Gasteiger partial charge in [0.1, 0.15) is 5.82 Å². The predicted octanol–water partition coefficient (Wildman–Crippen LogP) is 5.26. The molecular weight excluding hydrogens is 475 g/mol. The van der Waals surface area contributed by atoms with Gasteiger partial charge >= 0.3 is 0 Å². The van der Waals surface area contributed by atoms with Crippen LogP contribution in [0.2, 0.25) is 0 Å². The van der Waals surface area contributed by atoms with Gasteiger partial charge in [-0.2, -0.15) is 0 Å². The Morgan fingerprint density at radius 1 is 1.03 bits per heavy atom. The number of anilines is 1. The summed E-state index contributed by atoms with van der Waals surface area (Å²) in [6.45, 7) is 3.04. The Morgan fingerprint density at radius 3 is 2.44 bits per heavy atom. The third-order valence-electron chi connectivity index (χ3n) is 4.88. The van der Waals surface area contributed by atoms with Crippen LogP contribution in [0.15, 0.2) is 65.1 Å². The Bertz CT molecular complexity index is 1040. The molecule has 0 bridgehead atoms. The molecule has 168 valence electrons. The quantitative estimate of drug-likeness (QED) is 0.373. The van der Waals surface area contributed by atoms with E-state index in [4.69, 9.17) is 9.47 Å². The fraction of sp³-hybridized carbons (Fsp3) is 0.240. The summed E-state index contributed by atoms with van der Waals surface area (Å²) in [6, 6.07) is 17.7. The highest BCUT2D eigenvalue weighted by molar-refractivity contribution is 9.10. The zero-order chi connectivity index (χ0) is 22.9. The lowest BCUT2D eigenvalue weighted by Crippen LogP contribution is -2.22. The molecule has 0 aliphatic carbocycles. The van der Waals surface area contributed by atoms with Crippen LogP contribution in [-0.4, -0.2) is 26.2 Å². The zero-order valence-electron chi connectivity index (χ0n) is 18.1. The molecule has 0 radical (unpaired) electrons. The van der Waals surface area contributed by atoms with Crippen LogP contribution in [0.25, 0.3) is 0 Å². The molecule has 5 nitrogen and oxygen atoms in total. The summed E-state index contributed by atoms with van der Waals surface area (Å²) in [6.07, 6.45) is 0.761. The molecule has 0 atom stereocenters. The van der Waals surface area contributed by atoms with E-state index in [1.54, 1.807) is 25.3 Å². The largest absolute Gasteiger partial charge is 0.493 e. The van der Waals surface area contributed by atoms with E-state index in [0.717, 1.165) is 27.6 Å². The van der Waals surface area contributed by atoms with E-state index in [9.17, 15) is 9.18 Å². The summed E-state index contributed by atoms with van der Waals surface area (Å²) in [7, 11) is 1.56. The maximum absolute atomic E-state index is 13.0. The van der Waals surface area contributed by atoms with Crippen LogP contribution < -0.4 is 20.1 Å². The maximum Gasteiger partial charge on any atom is 0.262 e. The number of amides is 1. The van der Waals surface area contributed by atoms with Crippen molar-refractivity contribution in [1.82, 2.24) is 5.32 Å². The Kier molecular flexibility index (Phi) is 8.64. The summed E-state index contributed by atoms with van der Waals surface area (Å²) < 4.78 is 25.2. The van der Waals surface area contributed by atoms with Gasteiger partial charge in [-0.05, 0) is 61.9 Å². The van der Waals surface area contributed by atoms with Gasteiger partial charge in [0.05, 0.1) is 7.11 Å². The molecule has 2 N–H and O–H groups in total. The molecule has 0 unspecified atom stereocenters. The number of benzene rings is 3. The average molecular weight is 501 g/mol. The molecule has 1 amide bonds. The molecule has 0 heterocycles. The van der Waals surface area contributed by atoms with Crippen molar-refractivity contribution < 1.29 is 18.7 Å². The molecule has 0 aromatic heterocycles. The summed E-state index contributed by atoms with van der Waals surface area (Å²) in [5.41, 5.74) is 3.74. The van der Waals surface area contributed by atoms with E-state index in [2.05, 4.69) is 26.6 Å². The van der Waals surface area contributed by atoms with Gasteiger partial charge in [0, 0.05) is 22.3 Å². The third kappa shape index (κ3) is 6.80. The van der Waals surface area contributed by atoms with Crippen LogP contribution in [0.3, 0.4) is 0 Å². The number of methoxy groups -OCH3 is 1. The number of ether oxygens (including phenoxy) is 2. The Labute approximate surface area is 196 Å². The highest BCUT2D eigenvalue weighted by Crippen LogP contribution is 2.36. The van der Waals surface area contributed by atoms with Crippen LogP contribution in [0.5, 0.6) is 11.5 Å². The Balaban J connectivity index is 1.61. The lowest BCUT2D eigenvalue weighted by atomic mass is 10.1. The number of rotatable bonds is 10. The topological polar surface area (TPSA) is 59.6 Å². The summed E-state index contributed by atoms with van der Waals surface area (Å²) in [5.74, 6) is 0.559. The molecule has 0 saturated heterocycles. The van der Waals surface area contributed by atoms with Crippen molar-refractivity contribution in [2.45, 2.75) is 19.9 Å². The van der Waals surface area contributed by atoms with Crippen molar-refractivity contribution >= 4 is 27.5 Å². The molecule has 3 rings (SSSR count).